The van der Waals surface area contributed by atoms with Crippen LogP contribution in [0, 0.1) is 11.3 Å². The first-order valence-corrected chi connectivity index (χ1v) is 6.06. The van der Waals surface area contributed by atoms with E-state index in [1.807, 2.05) is 23.6 Å². The molecule has 0 aliphatic heterocycles. The van der Waals surface area contributed by atoms with Gasteiger partial charge >= 0.3 is 0 Å². The Bertz CT molecular complexity index is 525. The van der Waals surface area contributed by atoms with E-state index in [0.717, 1.165) is 22.9 Å². The highest BCUT2D eigenvalue weighted by Gasteiger charge is 2.03. The highest BCUT2D eigenvalue weighted by atomic mass is 32.1. The van der Waals surface area contributed by atoms with Gasteiger partial charge in [0.1, 0.15) is 5.75 Å². The zero-order chi connectivity index (χ0) is 12.1. The van der Waals surface area contributed by atoms with Crippen LogP contribution in [0.5, 0.6) is 5.75 Å². The molecule has 0 bridgehead atoms. The summed E-state index contributed by atoms with van der Waals surface area (Å²) in [5.41, 5.74) is 1.67. The lowest BCUT2D eigenvalue weighted by atomic mass is 10.2. The summed E-state index contributed by atoms with van der Waals surface area (Å²) in [6, 6.07) is 11.5. The minimum absolute atomic E-state index is 0.671. The van der Waals surface area contributed by atoms with E-state index in [0.29, 0.717) is 5.56 Å². The van der Waals surface area contributed by atoms with Gasteiger partial charge in [0.25, 0.3) is 0 Å². The number of rotatable bonds is 4. The molecule has 1 heterocycles. The van der Waals surface area contributed by atoms with E-state index in [4.69, 9.17) is 10.00 Å². The molecule has 0 fully saturated rings. The molecule has 0 unspecified atom stereocenters. The molecule has 0 radical (unpaired) electrons. The Balaban J connectivity index is 2.00. The van der Waals surface area contributed by atoms with Crippen molar-refractivity contribution in [3.63, 3.8) is 0 Å². The fourth-order valence-corrected chi connectivity index (χ4v) is 2.26. The van der Waals surface area contributed by atoms with Crippen molar-refractivity contribution in [2.45, 2.75) is 6.54 Å². The van der Waals surface area contributed by atoms with Gasteiger partial charge in [-0.05, 0) is 35.7 Å². The van der Waals surface area contributed by atoms with Crippen LogP contribution in [0.2, 0.25) is 0 Å². The monoisotopic (exact) mass is 244 g/mol. The summed E-state index contributed by atoms with van der Waals surface area (Å²) in [6.07, 6.45) is 0. The number of ether oxygens (including phenoxy) is 1. The molecule has 1 aromatic carbocycles. The Morgan fingerprint density at radius 1 is 1.29 bits per heavy atom. The van der Waals surface area contributed by atoms with Crippen molar-refractivity contribution in [1.82, 2.24) is 0 Å². The Morgan fingerprint density at radius 3 is 2.71 bits per heavy atom. The minimum Gasteiger partial charge on any atom is -0.496 e. The number of hydrogen-bond donors (Lipinski definition) is 1. The molecule has 0 aliphatic carbocycles. The predicted molar refractivity (Wildman–Crippen MR) is 69.4 cm³/mol. The first-order chi connectivity index (χ1) is 8.33. The zero-order valence-corrected chi connectivity index (χ0v) is 10.3. The van der Waals surface area contributed by atoms with E-state index >= 15 is 0 Å². The molecule has 2 aromatic rings. The SMILES string of the molecule is COc1ccsc1CNc1ccc(C#N)cc1. The number of anilines is 1. The number of benzene rings is 1. The summed E-state index contributed by atoms with van der Waals surface area (Å²) < 4.78 is 5.24. The molecule has 0 saturated heterocycles. The number of thiophene rings is 1. The van der Waals surface area contributed by atoms with Crippen LogP contribution < -0.4 is 10.1 Å². The average molecular weight is 244 g/mol. The quantitative estimate of drug-likeness (QED) is 0.898. The summed E-state index contributed by atoms with van der Waals surface area (Å²) in [4.78, 5) is 1.16. The van der Waals surface area contributed by atoms with Crippen LogP contribution in [-0.2, 0) is 6.54 Å². The van der Waals surface area contributed by atoms with Gasteiger partial charge in [-0.15, -0.1) is 11.3 Å². The molecule has 0 aliphatic rings. The Labute approximate surface area is 104 Å². The van der Waals surface area contributed by atoms with Crippen molar-refractivity contribution in [1.29, 1.82) is 5.26 Å². The smallest absolute Gasteiger partial charge is 0.134 e. The maximum absolute atomic E-state index is 8.69. The summed E-state index contributed by atoms with van der Waals surface area (Å²) in [7, 11) is 1.67. The molecule has 86 valence electrons. The lowest BCUT2D eigenvalue weighted by Gasteiger charge is -2.06. The predicted octanol–water partition coefficient (Wildman–Crippen LogP) is 3.24. The highest BCUT2D eigenvalue weighted by molar-refractivity contribution is 7.10. The van der Waals surface area contributed by atoms with Crippen LogP contribution in [0.15, 0.2) is 35.7 Å². The third kappa shape index (κ3) is 2.77. The van der Waals surface area contributed by atoms with Gasteiger partial charge in [0.15, 0.2) is 0 Å². The van der Waals surface area contributed by atoms with Crippen molar-refractivity contribution in [2.24, 2.45) is 0 Å². The molecule has 0 atom stereocenters. The van der Waals surface area contributed by atoms with Gasteiger partial charge in [0.05, 0.1) is 30.2 Å². The van der Waals surface area contributed by atoms with Crippen molar-refractivity contribution in [3.05, 3.63) is 46.2 Å². The fraction of sp³-hybridized carbons (Fsp3) is 0.154. The standard InChI is InChI=1S/C13H12N2OS/c1-16-12-6-7-17-13(12)9-15-11-4-2-10(8-14)3-5-11/h2-7,15H,9H2,1H3. The molecule has 0 spiro atoms. The Kier molecular flexibility index (Phi) is 3.63. The van der Waals surface area contributed by atoms with Gasteiger partial charge < -0.3 is 10.1 Å². The second kappa shape index (κ2) is 5.37. The number of nitriles is 1. The van der Waals surface area contributed by atoms with Crippen molar-refractivity contribution < 1.29 is 4.74 Å². The molecule has 4 heteroatoms. The van der Waals surface area contributed by atoms with Crippen LogP contribution in [0.1, 0.15) is 10.4 Å². The normalized spacial score (nSPS) is 9.65. The van der Waals surface area contributed by atoms with Gasteiger partial charge in [-0.25, -0.2) is 0 Å². The zero-order valence-electron chi connectivity index (χ0n) is 9.43. The van der Waals surface area contributed by atoms with E-state index in [-0.39, 0.29) is 0 Å². The molecule has 17 heavy (non-hydrogen) atoms. The second-order valence-electron chi connectivity index (χ2n) is 3.45. The molecule has 3 nitrogen and oxygen atoms in total. The molecule has 1 N–H and O–H groups in total. The van der Waals surface area contributed by atoms with Gasteiger partial charge in [-0.1, -0.05) is 0 Å². The van der Waals surface area contributed by atoms with Crippen LogP contribution in [-0.4, -0.2) is 7.11 Å². The number of nitrogens with zero attached hydrogens (tertiary/aromatic N) is 1. The van der Waals surface area contributed by atoms with E-state index in [2.05, 4.69) is 11.4 Å². The molecule has 2 rings (SSSR count). The summed E-state index contributed by atoms with van der Waals surface area (Å²) in [6.45, 7) is 0.729. The van der Waals surface area contributed by atoms with Crippen LogP contribution >= 0.6 is 11.3 Å². The van der Waals surface area contributed by atoms with Gasteiger partial charge in [0.2, 0.25) is 0 Å². The van der Waals surface area contributed by atoms with Crippen molar-refractivity contribution in [2.75, 3.05) is 12.4 Å². The van der Waals surface area contributed by atoms with Crippen molar-refractivity contribution >= 4 is 17.0 Å². The Morgan fingerprint density at radius 2 is 2.06 bits per heavy atom. The number of hydrogen-bond acceptors (Lipinski definition) is 4. The van der Waals surface area contributed by atoms with E-state index in [9.17, 15) is 0 Å². The highest BCUT2D eigenvalue weighted by Crippen LogP contribution is 2.25. The maximum atomic E-state index is 8.69. The second-order valence-corrected chi connectivity index (χ2v) is 4.46. The molecule has 0 amide bonds. The summed E-state index contributed by atoms with van der Waals surface area (Å²) >= 11 is 1.66. The maximum Gasteiger partial charge on any atom is 0.134 e. The topological polar surface area (TPSA) is 45.0 Å². The molecule has 0 saturated carbocycles. The lowest BCUT2D eigenvalue weighted by Crippen LogP contribution is -1.98. The van der Waals surface area contributed by atoms with Crippen LogP contribution in [0.25, 0.3) is 0 Å². The van der Waals surface area contributed by atoms with Gasteiger partial charge in [-0.2, -0.15) is 5.26 Å². The lowest BCUT2D eigenvalue weighted by molar-refractivity contribution is 0.413. The van der Waals surface area contributed by atoms with Gasteiger partial charge in [0, 0.05) is 5.69 Å². The largest absolute Gasteiger partial charge is 0.496 e. The fourth-order valence-electron chi connectivity index (χ4n) is 1.48. The minimum atomic E-state index is 0.671. The number of methoxy groups -OCH3 is 1. The molecular weight excluding hydrogens is 232 g/mol. The first kappa shape index (κ1) is 11.5. The molecular formula is C13H12N2OS. The number of nitrogens with one attached hydrogen (secondary N) is 1. The summed E-state index contributed by atoms with van der Waals surface area (Å²) in [5.74, 6) is 0.913. The van der Waals surface area contributed by atoms with Crippen LogP contribution in [0.3, 0.4) is 0 Å². The van der Waals surface area contributed by atoms with Crippen LogP contribution in [0.4, 0.5) is 5.69 Å². The summed E-state index contributed by atoms with van der Waals surface area (Å²) in [5, 5.41) is 14.0. The molecule has 1 aromatic heterocycles. The average Bonchev–Trinajstić information content (AvgIpc) is 2.84. The third-order valence-corrected chi connectivity index (χ3v) is 3.29. The Hall–Kier alpha value is -1.99. The van der Waals surface area contributed by atoms with E-state index < -0.39 is 0 Å². The third-order valence-electron chi connectivity index (χ3n) is 2.39. The van der Waals surface area contributed by atoms with Gasteiger partial charge in [-0.3, -0.25) is 0 Å². The van der Waals surface area contributed by atoms with E-state index in [1.165, 1.54) is 0 Å². The first-order valence-electron chi connectivity index (χ1n) is 5.18. The van der Waals surface area contributed by atoms with E-state index in [1.54, 1.807) is 30.6 Å². The van der Waals surface area contributed by atoms with Crippen molar-refractivity contribution in [3.8, 4) is 11.8 Å².